The van der Waals surface area contributed by atoms with E-state index >= 15 is 0 Å². The van der Waals surface area contributed by atoms with E-state index in [0.29, 0.717) is 32.6 Å². The van der Waals surface area contributed by atoms with Crippen molar-refractivity contribution in [2.75, 3.05) is 33.3 Å². The fraction of sp³-hybridized carbons (Fsp3) is 0.250. The van der Waals surface area contributed by atoms with Crippen LogP contribution in [0.15, 0.2) is 54.6 Å². The third-order valence-corrected chi connectivity index (χ3v) is 8.07. The summed E-state index contributed by atoms with van der Waals surface area (Å²) in [5.74, 6) is 0.908. The summed E-state index contributed by atoms with van der Waals surface area (Å²) in [4.78, 5) is 30.3. The minimum atomic E-state index is 0.0670. The highest BCUT2D eigenvalue weighted by Crippen LogP contribution is 2.39. The SMILES string of the molecule is COc1cccc(CC(=O)N2CCN(C(=O)c3cc4sc5ccccc5c4s3)CC2)c1. The molecule has 0 aliphatic carbocycles. The normalized spacial score (nSPS) is 14.4. The molecule has 2 aromatic heterocycles. The van der Waals surface area contributed by atoms with Crippen LogP contribution < -0.4 is 4.74 Å². The molecule has 1 fully saturated rings. The highest BCUT2D eigenvalue weighted by Gasteiger charge is 2.26. The summed E-state index contributed by atoms with van der Waals surface area (Å²) < 4.78 is 8.85. The first-order chi connectivity index (χ1) is 15.1. The van der Waals surface area contributed by atoms with Crippen molar-refractivity contribution in [1.82, 2.24) is 9.80 Å². The maximum atomic E-state index is 13.1. The molecule has 4 aromatic rings. The van der Waals surface area contributed by atoms with E-state index in [1.165, 1.54) is 19.5 Å². The van der Waals surface area contributed by atoms with E-state index < -0.39 is 0 Å². The second-order valence-electron chi connectivity index (χ2n) is 7.60. The maximum Gasteiger partial charge on any atom is 0.264 e. The lowest BCUT2D eigenvalue weighted by atomic mass is 10.1. The van der Waals surface area contributed by atoms with Gasteiger partial charge in [0.05, 0.1) is 23.1 Å². The predicted octanol–water partition coefficient (Wildman–Crippen LogP) is 4.65. The number of benzene rings is 2. The number of carbonyl (C=O) groups excluding carboxylic acids is 2. The number of amides is 2. The molecule has 5 rings (SSSR count). The second kappa shape index (κ2) is 8.32. The standard InChI is InChI=1S/C24H22N2O3S2/c1-29-17-6-4-5-16(13-17)14-22(27)25-9-11-26(12-10-25)24(28)21-15-20-23(31-21)18-7-2-3-8-19(18)30-20/h2-8,13,15H,9-12,14H2,1H3. The van der Waals surface area contributed by atoms with Crippen LogP contribution in [0, 0.1) is 0 Å². The van der Waals surface area contributed by atoms with Crippen molar-refractivity contribution in [2.45, 2.75) is 6.42 Å². The van der Waals surface area contributed by atoms with Crippen LogP contribution in [0.2, 0.25) is 0 Å². The Hall–Kier alpha value is -2.90. The van der Waals surface area contributed by atoms with Gasteiger partial charge in [-0.3, -0.25) is 9.59 Å². The van der Waals surface area contributed by atoms with Gasteiger partial charge < -0.3 is 14.5 Å². The Morgan fingerprint density at radius 2 is 1.68 bits per heavy atom. The number of nitrogens with zero attached hydrogens (tertiary/aromatic N) is 2. The zero-order chi connectivity index (χ0) is 21.4. The number of thiophene rings is 2. The van der Waals surface area contributed by atoms with Gasteiger partial charge in [-0.15, -0.1) is 22.7 Å². The Balaban J connectivity index is 1.23. The highest BCUT2D eigenvalue weighted by atomic mass is 32.1. The monoisotopic (exact) mass is 450 g/mol. The topological polar surface area (TPSA) is 49.9 Å². The quantitative estimate of drug-likeness (QED) is 0.455. The van der Waals surface area contributed by atoms with Gasteiger partial charge in [-0.2, -0.15) is 0 Å². The number of piperazine rings is 1. The van der Waals surface area contributed by atoms with E-state index in [-0.39, 0.29) is 11.8 Å². The molecule has 1 aliphatic heterocycles. The van der Waals surface area contributed by atoms with E-state index in [0.717, 1.165) is 16.2 Å². The van der Waals surface area contributed by atoms with E-state index in [4.69, 9.17) is 4.74 Å². The van der Waals surface area contributed by atoms with Crippen LogP contribution in [0.5, 0.6) is 5.75 Å². The number of ether oxygens (including phenoxy) is 1. The third-order valence-electron chi connectivity index (χ3n) is 5.67. The molecule has 5 nitrogen and oxygen atoms in total. The average molecular weight is 451 g/mol. The van der Waals surface area contributed by atoms with Gasteiger partial charge in [0.25, 0.3) is 5.91 Å². The molecule has 7 heteroatoms. The van der Waals surface area contributed by atoms with Gasteiger partial charge in [-0.25, -0.2) is 0 Å². The Morgan fingerprint density at radius 1 is 0.903 bits per heavy atom. The molecule has 31 heavy (non-hydrogen) atoms. The molecule has 0 radical (unpaired) electrons. The van der Waals surface area contributed by atoms with E-state index in [1.54, 1.807) is 29.8 Å². The lowest BCUT2D eigenvalue weighted by Gasteiger charge is -2.34. The molecule has 158 valence electrons. The molecule has 0 spiro atoms. The van der Waals surface area contributed by atoms with E-state index in [1.807, 2.05) is 52.3 Å². The molecule has 0 bridgehead atoms. The largest absolute Gasteiger partial charge is 0.497 e. The first-order valence-corrected chi connectivity index (χ1v) is 11.9. The predicted molar refractivity (Wildman–Crippen MR) is 126 cm³/mol. The van der Waals surface area contributed by atoms with Crippen LogP contribution in [0.3, 0.4) is 0 Å². The van der Waals surface area contributed by atoms with Gasteiger partial charge in [-0.05, 0) is 29.8 Å². The Kier molecular flexibility index (Phi) is 5.38. The smallest absolute Gasteiger partial charge is 0.264 e. The zero-order valence-electron chi connectivity index (χ0n) is 17.2. The lowest BCUT2D eigenvalue weighted by Crippen LogP contribution is -2.50. The van der Waals surface area contributed by atoms with Gasteiger partial charge in [0.2, 0.25) is 5.91 Å². The maximum absolute atomic E-state index is 13.1. The Labute approximate surface area is 188 Å². The molecule has 1 aliphatic rings. The molecule has 0 unspecified atom stereocenters. The summed E-state index contributed by atoms with van der Waals surface area (Å²) in [5, 5.41) is 1.22. The van der Waals surface area contributed by atoms with Gasteiger partial charge >= 0.3 is 0 Å². The zero-order valence-corrected chi connectivity index (χ0v) is 18.8. The van der Waals surface area contributed by atoms with Crippen molar-refractivity contribution < 1.29 is 14.3 Å². The average Bonchev–Trinajstić information content (AvgIpc) is 3.37. The first-order valence-electron chi connectivity index (χ1n) is 10.2. The molecule has 2 aromatic carbocycles. The number of hydrogen-bond acceptors (Lipinski definition) is 5. The van der Waals surface area contributed by atoms with Crippen LogP contribution in [-0.2, 0) is 11.2 Å². The molecular formula is C24H22N2O3S2. The lowest BCUT2D eigenvalue weighted by molar-refractivity contribution is -0.131. The van der Waals surface area contributed by atoms with Crippen LogP contribution in [-0.4, -0.2) is 54.9 Å². The van der Waals surface area contributed by atoms with Gasteiger partial charge in [0.15, 0.2) is 0 Å². The molecular weight excluding hydrogens is 428 g/mol. The van der Waals surface area contributed by atoms with Crippen molar-refractivity contribution >= 4 is 54.0 Å². The molecule has 2 amide bonds. The Morgan fingerprint density at radius 3 is 2.48 bits per heavy atom. The van der Waals surface area contributed by atoms with Crippen LogP contribution >= 0.6 is 22.7 Å². The van der Waals surface area contributed by atoms with Crippen molar-refractivity contribution in [2.24, 2.45) is 0 Å². The summed E-state index contributed by atoms with van der Waals surface area (Å²) in [7, 11) is 1.62. The molecule has 1 saturated heterocycles. The van der Waals surface area contributed by atoms with Crippen molar-refractivity contribution in [1.29, 1.82) is 0 Å². The third kappa shape index (κ3) is 3.91. The van der Waals surface area contributed by atoms with Crippen LogP contribution in [0.1, 0.15) is 15.2 Å². The van der Waals surface area contributed by atoms with Crippen molar-refractivity contribution in [3.8, 4) is 5.75 Å². The number of hydrogen-bond donors (Lipinski definition) is 0. The number of carbonyl (C=O) groups is 2. The fourth-order valence-corrected chi connectivity index (χ4v) is 6.48. The van der Waals surface area contributed by atoms with Crippen LogP contribution in [0.25, 0.3) is 19.5 Å². The number of fused-ring (bicyclic) bond motifs is 3. The summed E-state index contributed by atoms with van der Waals surface area (Å²) in [6.07, 6.45) is 0.347. The van der Waals surface area contributed by atoms with Gasteiger partial charge in [-0.1, -0.05) is 30.3 Å². The van der Waals surface area contributed by atoms with Gasteiger partial charge in [0.1, 0.15) is 5.75 Å². The molecule has 0 atom stereocenters. The number of rotatable bonds is 4. The summed E-state index contributed by atoms with van der Waals surface area (Å²) in [5.41, 5.74) is 0.939. The first kappa shape index (κ1) is 20.0. The van der Waals surface area contributed by atoms with Crippen LogP contribution in [0.4, 0.5) is 0 Å². The second-order valence-corrected chi connectivity index (χ2v) is 9.74. The minimum Gasteiger partial charge on any atom is -0.497 e. The van der Waals surface area contributed by atoms with Crippen molar-refractivity contribution in [3.05, 3.63) is 65.0 Å². The molecule has 3 heterocycles. The Bertz CT molecular complexity index is 1270. The van der Waals surface area contributed by atoms with E-state index in [2.05, 4.69) is 12.1 Å². The summed E-state index contributed by atoms with van der Waals surface area (Å²) in [6.45, 7) is 2.26. The number of methoxy groups -OCH3 is 1. The minimum absolute atomic E-state index is 0.0670. The van der Waals surface area contributed by atoms with Crippen molar-refractivity contribution in [3.63, 3.8) is 0 Å². The highest BCUT2D eigenvalue weighted by molar-refractivity contribution is 7.33. The molecule has 0 saturated carbocycles. The fourth-order valence-electron chi connectivity index (χ4n) is 3.99. The van der Waals surface area contributed by atoms with E-state index in [9.17, 15) is 9.59 Å². The molecule has 0 N–H and O–H groups in total. The summed E-state index contributed by atoms with van der Waals surface area (Å²) in [6, 6.07) is 17.9. The van der Waals surface area contributed by atoms with Gasteiger partial charge in [0, 0.05) is 41.0 Å². The summed E-state index contributed by atoms with van der Waals surface area (Å²) >= 11 is 3.31.